The van der Waals surface area contributed by atoms with Crippen molar-refractivity contribution in [3.05, 3.63) is 70.8 Å². The molecule has 2 aliphatic rings. The Hall–Kier alpha value is -2.06. The van der Waals surface area contributed by atoms with Gasteiger partial charge < -0.3 is 10.1 Å². The summed E-state index contributed by atoms with van der Waals surface area (Å²) < 4.78 is 85.3. The minimum atomic E-state index is -4.76. The third-order valence-corrected chi connectivity index (χ3v) is 6.14. The second kappa shape index (κ2) is 7.57. The van der Waals surface area contributed by atoms with Crippen LogP contribution in [0.25, 0.3) is 0 Å². The first kappa shape index (κ1) is 21.2. The lowest BCUT2D eigenvalue weighted by Gasteiger charge is -2.42. The minimum Gasteiger partial charge on any atom is -0.371 e. The molecule has 2 nitrogen and oxygen atoms in total. The fourth-order valence-electron chi connectivity index (χ4n) is 4.71. The van der Waals surface area contributed by atoms with Crippen LogP contribution in [0.1, 0.15) is 47.9 Å². The van der Waals surface area contributed by atoms with Gasteiger partial charge in [0, 0.05) is 6.04 Å². The van der Waals surface area contributed by atoms with Crippen molar-refractivity contribution in [3.8, 4) is 0 Å². The van der Waals surface area contributed by atoms with Gasteiger partial charge in [-0.1, -0.05) is 30.3 Å². The van der Waals surface area contributed by atoms with E-state index in [1.54, 1.807) is 0 Å². The van der Waals surface area contributed by atoms with Gasteiger partial charge >= 0.3 is 12.4 Å². The number of piperidine rings is 1. The highest BCUT2D eigenvalue weighted by Gasteiger charge is 2.50. The monoisotopic (exact) mass is 429 g/mol. The molecule has 4 rings (SSSR count). The molecule has 30 heavy (non-hydrogen) atoms. The Bertz CT molecular complexity index is 895. The molecule has 0 aromatic heterocycles. The van der Waals surface area contributed by atoms with Crippen LogP contribution in [-0.2, 0) is 29.2 Å². The van der Waals surface area contributed by atoms with E-state index in [-0.39, 0.29) is 0 Å². The Morgan fingerprint density at radius 2 is 1.63 bits per heavy atom. The summed E-state index contributed by atoms with van der Waals surface area (Å²) in [7, 11) is 0. The molecule has 2 bridgehead atoms. The number of ether oxygens (including phenoxy) is 1. The van der Waals surface area contributed by atoms with Crippen LogP contribution in [0, 0.1) is 0 Å². The second-order valence-corrected chi connectivity index (χ2v) is 7.96. The van der Waals surface area contributed by atoms with Gasteiger partial charge in [-0.3, -0.25) is 0 Å². The Balaban J connectivity index is 1.63. The van der Waals surface area contributed by atoms with Gasteiger partial charge in [-0.05, 0) is 55.0 Å². The number of hydrogen-bond acceptors (Lipinski definition) is 2. The van der Waals surface area contributed by atoms with Crippen LogP contribution in [-0.4, -0.2) is 12.1 Å². The van der Waals surface area contributed by atoms with E-state index in [0.717, 1.165) is 24.8 Å². The van der Waals surface area contributed by atoms with E-state index in [1.807, 2.05) is 30.3 Å². The molecule has 0 saturated carbocycles. The maximum atomic E-state index is 13.4. The number of alkyl halides is 6. The summed E-state index contributed by atoms with van der Waals surface area (Å²) in [6.45, 7) is -0.537. The molecule has 2 aromatic rings. The average molecular weight is 429 g/mol. The van der Waals surface area contributed by atoms with Crippen LogP contribution >= 0.6 is 0 Å². The van der Waals surface area contributed by atoms with Crippen molar-refractivity contribution in [2.24, 2.45) is 0 Å². The largest absolute Gasteiger partial charge is 0.416 e. The first-order valence-electron chi connectivity index (χ1n) is 9.82. The second-order valence-electron chi connectivity index (χ2n) is 7.96. The Labute approximate surface area is 170 Å². The van der Waals surface area contributed by atoms with E-state index in [0.29, 0.717) is 30.7 Å². The smallest absolute Gasteiger partial charge is 0.371 e. The molecule has 3 unspecified atom stereocenters. The maximum Gasteiger partial charge on any atom is 0.416 e. The molecule has 2 aromatic carbocycles. The average Bonchev–Trinajstić information content (AvgIpc) is 3.05. The van der Waals surface area contributed by atoms with Gasteiger partial charge in [0.1, 0.15) is 0 Å². The van der Waals surface area contributed by atoms with Gasteiger partial charge in [0.2, 0.25) is 0 Å². The zero-order valence-electron chi connectivity index (χ0n) is 16.0. The topological polar surface area (TPSA) is 21.3 Å². The molecule has 2 fully saturated rings. The Morgan fingerprint density at radius 3 is 2.30 bits per heavy atom. The minimum absolute atomic E-state index is 0.310. The molecule has 0 aliphatic carbocycles. The third-order valence-electron chi connectivity index (χ3n) is 6.14. The van der Waals surface area contributed by atoms with Gasteiger partial charge in [0.15, 0.2) is 0 Å². The normalized spacial score (nSPS) is 26.7. The lowest BCUT2D eigenvalue weighted by atomic mass is 9.80. The van der Waals surface area contributed by atoms with Crippen LogP contribution < -0.4 is 5.32 Å². The van der Waals surface area contributed by atoms with E-state index in [9.17, 15) is 26.3 Å². The first-order chi connectivity index (χ1) is 14.1. The van der Waals surface area contributed by atoms with E-state index < -0.39 is 47.3 Å². The number of benzene rings is 2. The van der Waals surface area contributed by atoms with Crippen molar-refractivity contribution in [3.63, 3.8) is 0 Å². The summed E-state index contributed by atoms with van der Waals surface area (Å²) >= 11 is 0. The van der Waals surface area contributed by atoms with Crippen LogP contribution in [0.15, 0.2) is 48.5 Å². The Kier molecular flexibility index (Phi) is 5.34. The lowest BCUT2D eigenvalue weighted by Crippen LogP contribution is -2.54. The summed E-state index contributed by atoms with van der Waals surface area (Å²) in [6, 6.07) is 11.4. The van der Waals surface area contributed by atoms with Gasteiger partial charge in [-0.25, -0.2) is 0 Å². The van der Waals surface area contributed by atoms with Crippen LogP contribution in [0.2, 0.25) is 0 Å². The lowest BCUT2D eigenvalue weighted by molar-refractivity contribution is -0.143. The van der Waals surface area contributed by atoms with Crippen molar-refractivity contribution in [1.82, 2.24) is 5.32 Å². The van der Waals surface area contributed by atoms with Gasteiger partial charge in [-0.15, -0.1) is 0 Å². The summed E-state index contributed by atoms with van der Waals surface area (Å²) in [5.74, 6) is 0. The molecule has 1 N–H and O–H groups in total. The first-order valence-corrected chi connectivity index (χ1v) is 9.82. The highest BCUT2D eigenvalue weighted by molar-refractivity contribution is 5.35. The molecular formula is C22H21F6NO. The van der Waals surface area contributed by atoms with Crippen molar-refractivity contribution in [1.29, 1.82) is 0 Å². The molecule has 162 valence electrons. The predicted molar refractivity (Wildman–Crippen MR) is 98.5 cm³/mol. The number of fused-ring (bicyclic) bond motifs is 2. The molecule has 2 aliphatic heterocycles. The van der Waals surface area contributed by atoms with Crippen LogP contribution in [0.3, 0.4) is 0 Å². The number of rotatable bonds is 4. The third kappa shape index (κ3) is 3.95. The molecule has 3 atom stereocenters. The fourth-order valence-corrected chi connectivity index (χ4v) is 4.71. The fraction of sp³-hybridized carbons (Fsp3) is 0.455. The van der Waals surface area contributed by atoms with E-state index in [1.165, 1.54) is 0 Å². The number of halogens is 6. The SMILES string of the molecule is FC(F)(F)c1ccc(C(F)(F)F)c(COC2CCC3CCC2(c2ccccc2)N3)c1. The molecule has 2 heterocycles. The molecular weight excluding hydrogens is 408 g/mol. The van der Waals surface area contributed by atoms with Crippen LogP contribution in [0.5, 0.6) is 0 Å². The highest BCUT2D eigenvalue weighted by atomic mass is 19.4. The van der Waals surface area contributed by atoms with Crippen molar-refractivity contribution in [2.75, 3.05) is 0 Å². The molecule has 0 amide bonds. The number of hydrogen-bond donors (Lipinski definition) is 1. The Morgan fingerprint density at radius 1 is 0.900 bits per heavy atom. The van der Waals surface area contributed by atoms with E-state index in [2.05, 4.69) is 5.32 Å². The maximum absolute atomic E-state index is 13.4. The summed E-state index contributed by atoms with van der Waals surface area (Å²) in [5.41, 5.74) is -2.27. The predicted octanol–water partition coefficient (Wildman–Crippen LogP) is 6.05. The number of nitrogens with one attached hydrogen (secondary N) is 1. The molecule has 0 spiro atoms. The van der Waals surface area contributed by atoms with Crippen LogP contribution in [0.4, 0.5) is 26.3 Å². The van der Waals surface area contributed by atoms with Gasteiger partial charge in [0.25, 0.3) is 0 Å². The van der Waals surface area contributed by atoms with Crippen molar-refractivity contribution >= 4 is 0 Å². The zero-order valence-corrected chi connectivity index (χ0v) is 16.0. The highest BCUT2D eigenvalue weighted by Crippen LogP contribution is 2.45. The van der Waals surface area contributed by atoms with Crippen molar-refractivity contribution in [2.45, 2.75) is 62.3 Å². The van der Waals surface area contributed by atoms with E-state index >= 15 is 0 Å². The van der Waals surface area contributed by atoms with Gasteiger partial charge in [0.05, 0.1) is 29.4 Å². The van der Waals surface area contributed by atoms with Crippen molar-refractivity contribution < 1.29 is 31.1 Å². The quantitative estimate of drug-likeness (QED) is 0.598. The van der Waals surface area contributed by atoms with Gasteiger partial charge in [-0.2, -0.15) is 26.3 Å². The summed E-state index contributed by atoms with van der Waals surface area (Å²) in [4.78, 5) is 0. The van der Waals surface area contributed by atoms with E-state index in [4.69, 9.17) is 4.74 Å². The standard InChI is InChI=1S/C22H21F6NO/c23-21(24,25)16-6-8-18(22(26,27)28)14(12-16)13-30-19-9-7-17-10-11-20(19,29-17)15-4-2-1-3-5-15/h1-6,8,12,17,19,29H,7,9-11,13H2. The summed E-state index contributed by atoms with van der Waals surface area (Å²) in [5, 5.41) is 3.56. The summed E-state index contributed by atoms with van der Waals surface area (Å²) in [6.07, 6.45) is -6.79. The zero-order chi connectivity index (χ0) is 21.6. The molecule has 0 radical (unpaired) electrons. The molecule has 2 saturated heterocycles. The molecule has 8 heteroatoms.